The largest absolute Gasteiger partial charge is 0.326 e. The van der Waals surface area contributed by atoms with E-state index in [9.17, 15) is 9.59 Å². The first-order valence-electron chi connectivity index (χ1n) is 7.43. The number of piperidine rings is 1. The smallest absolute Gasteiger partial charge is 0.238 e. The van der Waals surface area contributed by atoms with Gasteiger partial charge >= 0.3 is 0 Å². The molecular weight excluding hydrogens is 266 g/mol. The Morgan fingerprint density at radius 2 is 1.62 bits per heavy atom. The fourth-order valence-electron chi connectivity index (χ4n) is 2.46. The summed E-state index contributed by atoms with van der Waals surface area (Å²) in [5, 5.41) is 5.58. The molecule has 2 rings (SSSR count). The SMILES string of the molecule is CC(=O)Nc1ccc(NC(=O)CN2CCC(C)CC2)cc1. The van der Waals surface area contributed by atoms with Crippen LogP contribution in [0.3, 0.4) is 0 Å². The van der Waals surface area contributed by atoms with Gasteiger partial charge in [0.2, 0.25) is 11.8 Å². The van der Waals surface area contributed by atoms with E-state index in [1.807, 2.05) is 0 Å². The van der Waals surface area contributed by atoms with Gasteiger partial charge in [-0.05, 0) is 56.1 Å². The summed E-state index contributed by atoms with van der Waals surface area (Å²) in [6.07, 6.45) is 2.33. The standard InChI is InChI=1S/C16H23N3O2/c1-12-7-9-19(10-8-12)11-16(21)18-15-5-3-14(4-6-15)17-13(2)20/h3-6,12H,7-11H2,1-2H3,(H,17,20)(H,18,21). The fraction of sp³-hybridized carbons (Fsp3) is 0.500. The van der Waals surface area contributed by atoms with Gasteiger partial charge in [0, 0.05) is 18.3 Å². The molecule has 1 aromatic rings. The molecule has 0 unspecified atom stereocenters. The lowest BCUT2D eigenvalue weighted by Gasteiger charge is -2.29. The number of hydrogen-bond donors (Lipinski definition) is 2. The van der Waals surface area contributed by atoms with Gasteiger partial charge in [0.25, 0.3) is 0 Å². The lowest BCUT2D eigenvalue weighted by molar-refractivity contribution is -0.117. The average molecular weight is 289 g/mol. The van der Waals surface area contributed by atoms with E-state index < -0.39 is 0 Å². The molecule has 1 aliphatic heterocycles. The number of nitrogens with zero attached hydrogens (tertiary/aromatic N) is 1. The van der Waals surface area contributed by atoms with E-state index in [4.69, 9.17) is 0 Å². The number of amides is 2. The monoisotopic (exact) mass is 289 g/mol. The first-order valence-corrected chi connectivity index (χ1v) is 7.43. The Morgan fingerprint density at radius 1 is 1.10 bits per heavy atom. The number of benzene rings is 1. The second-order valence-corrected chi connectivity index (χ2v) is 5.77. The van der Waals surface area contributed by atoms with Gasteiger partial charge in [0.05, 0.1) is 6.54 Å². The van der Waals surface area contributed by atoms with Crippen molar-refractivity contribution in [2.75, 3.05) is 30.3 Å². The zero-order valence-electron chi connectivity index (χ0n) is 12.7. The molecule has 0 atom stereocenters. The third-order valence-corrected chi connectivity index (χ3v) is 3.73. The van der Waals surface area contributed by atoms with Crippen molar-refractivity contribution in [1.29, 1.82) is 0 Å². The van der Waals surface area contributed by atoms with Gasteiger partial charge in [0.15, 0.2) is 0 Å². The highest BCUT2D eigenvalue weighted by Gasteiger charge is 2.17. The highest BCUT2D eigenvalue weighted by Crippen LogP contribution is 2.16. The molecule has 5 nitrogen and oxygen atoms in total. The minimum atomic E-state index is -0.105. The molecule has 0 bridgehead atoms. The Bertz CT molecular complexity index is 491. The predicted molar refractivity (Wildman–Crippen MR) is 84.2 cm³/mol. The van der Waals surface area contributed by atoms with Crippen LogP contribution in [0.25, 0.3) is 0 Å². The van der Waals surface area contributed by atoms with Gasteiger partial charge in [-0.15, -0.1) is 0 Å². The summed E-state index contributed by atoms with van der Waals surface area (Å²) in [4.78, 5) is 25.1. The van der Waals surface area contributed by atoms with Crippen molar-refractivity contribution in [3.05, 3.63) is 24.3 Å². The van der Waals surface area contributed by atoms with Gasteiger partial charge in [0.1, 0.15) is 0 Å². The van der Waals surface area contributed by atoms with Crippen molar-refractivity contribution in [2.24, 2.45) is 5.92 Å². The highest BCUT2D eigenvalue weighted by atomic mass is 16.2. The highest BCUT2D eigenvalue weighted by molar-refractivity contribution is 5.93. The van der Waals surface area contributed by atoms with Crippen molar-refractivity contribution in [1.82, 2.24) is 4.90 Å². The molecule has 114 valence electrons. The Hall–Kier alpha value is -1.88. The van der Waals surface area contributed by atoms with Crippen molar-refractivity contribution in [2.45, 2.75) is 26.7 Å². The second-order valence-electron chi connectivity index (χ2n) is 5.77. The Kier molecular flexibility index (Phi) is 5.33. The van der Waals surface area contributed by atoms with Crippen LogP contribution in [0.1, 0.15) is 26.7 Å². The van der Waals surface area contributed by atoms with Crippen molar-refractivity contribution >= 4 is 23.2 Å². The summed E-state index contributed by atoms with van der Waals surface area (Å²) in [6, 6.07) is 7.14. The minimum Gasteiger partial charge on any atom is -0.326 e. The molecule has 2 amide bonds. The quantitative estimate of drug-likeness (QED) is 0.894. The molecule has 0 spiro atoms. The Labute approximate surface area is 125 Å². The zero-order chi connectivity index (χ0) is 15.2. The minimum absolute atomic E-state index is 0.0110. The Morgan fingerprint density at radius 3 is 2.14 bits per heavy atom. The molecule has 0 radical (unpaired) electrons. The molecule has 1 fully saturated rings. The first kappa shape index (κ1) is 15.5. The maximum absolute atomic E-state index is 12.0. The van der Waals surface area contributed by atoms with Crippen LogP contribution in [-0.2, 0) is 9.59 Å². The van der Waals surface area contributed by atoms with Crippen LogP contribution in [0.15, 0.2) is 24.3 Å². The zero-order valence-corrected chi connectivity index (χ0v) is 12.7. The van der Waals surface area contributed by atoms with Crippen LogP contribution in [-0.4, -0.2) is 36.3 Å². The topological polar surface area (TPSA) is 61.4 Å². The van der Waals surface area contributed by atoms with E-state index in [0.29, 0.717) is 6.54 Å². The van der Waals surface area contributed by atoms with Gasteiger partial charge in [-0.25, -0.2) is 0 Å². The summed E-state index contributed by atoms with van der Waals surface area (Å²) in [5.41, 5.74) is 1.48. The molecule has 1 aliphatic rings. The molecule has 1 heterocycles. The third-order valence-electron chi connectivity index (χ3n) is 3.73. The van der Waals surface area contributed by atoms with Crippen LogP contribution in [0.5, 0.6) is 0 Å². The number of carbonyl (C=O) groups is 2. The second kappa shape index (κ2) is 7.22. The van der Waals surface area contributed by atoms with E-state index in [-0.39, 0.29) is 11.8 Å². The van der Waals surface area contributed by atoms with Crippen LogP contribution >= 0.6 is 0 Å². The van der Waals surface area contributed by atoms with Gasteiger partial charge < -0.3 is 10.6 Å². The number of anilines is 2. The number of carbonyl (C=O) groups excluding carboxylic acids is 2. The summed E-state index contributed by atoms with van der Waals surface area (Å²) in [5.74, 6) is 0.675. The lowest BCUT2D eigenvalue weighted by atomic mass is 9.99. The van der Waals surface area contributed by atoms with Crippen molar-refractivity contribution < 1.29 is 9.59 Å². The van der Waals surface area contributed by atoms with E-state index >= 15 is 0 Å². The van der Waals surface area contributed by atoms with Crippen LogP contribution in [0.4, 0.5) is 11.4 Å². The number of hydrogen-bond acceptors (Lipinski definition) is 3. The normalized spacial score (nSPS) is 16.5. The predicted octanol–water partition coefficient (Wildman–Crippen LogP) is 2.32. The van der Waals surface area contributed by atoms with Crippen LogP contribution in [0.2, 0.25) is 0 Å². The summed E-state index contributed by atoms with van der Waals surface area (Å²) in [6.45, 7) is 6.16. The summed E-state index contributed by atoms with van der Waals surface area (Å²) < 4.78 is 0. The molecular formula is C16H23N3O2. The van der Waals surface area contributed by atoms with E-state index in [2.05, 4.69) is 22.5 Å². The molecule has 0 aromatic heterocycles. The van der Waals surface area contributed by atoms with E-state index in [1.165, 1.54) is 19.8 Å². The molecule has 21 heavy (non-hydrogen) atoms. The molecule has 1 saturated heterocycles. The van der Waals surface area contributed by atoms with Crippen LogP contribution in [0, 0.1) is 5.92 Å². The number of nitrogens with one attached hydrogen (secondary N) is 2. The lowest BCUT2D eigenvalue weighted by Crippen LogP contribution is -2.38. The van der Waals surface area contributed by atoms with Crippen molar-refractivity contribution in [3.8, 4) is 0 Å². The summed E-state index contributed by atoms with van der Waals surface area (Å²) >= 11 is 0. The van der Waals surface area contributed by atoms with Gasteiger partial charge in [-0.2, -0.15) is 0 Å². The average Bonchev–Trinajstić information content (AvgIpc) is 2.43. The van der Waals surface area contributed by atoms with Gasteiger partial charge in [-0.1, -0.05) is 6.92 Å². The third kappa shape index (κ3) is 5.19. The fourth-order valence-corrected chi connectivity index (χ4v) is 2.46. The molecule has 0 aliphatic carbocycles. The molecule has 5 heteroatoms. The Balaban J connectivity index is 1.80. The van der Waals surface area contributed by atoms with Gasteiger partial charge in [-0.3, -0.25) is 14.5 Å². The van der Waals surface area contributed by atoms with Crippen LogP contribution < -0.4 is 10.6 Å². The molecule has 0 saturated carbocycles. The number of rotatable bonds is 4. The first-order chi connectivity index (χ1) is 10.0. The molecule has 2 N–H and O–H groups in total. The maximum atomic E-state index is 12.0. The van der Waals surface area contributed by atoms with E-state index in [1.54, 1.807) is 24.3 Å². The van der Waals surface area contributed by atoms with Crippen molar-refractivity contribution in [3.63, 3.8) is 0 Å². The van der Waals surface area contributed by atoms with E-state index in [0.717, 1.165) is 30.4 Å². The maximum Gasteiger partial charge on any atom is 0.238 e. The summed E-state index contributed by atoms with van der Waals surface area (Å²) in [7, 11) is 0. The number of likely N-dealkylation sites (tertiary alicyclic amines) is 1. The molecule has 1 aromatic carbocycles.